The Labute approximate surface area is 135 Å². The van der Waals surface area contributed by atoms with E-state index in [0.29, 0.717) is 0 Å². The standard InChI is InChI=1S/C12H20O12/c13-1-3-4(15)9(19)12(2-14,23-3)24-11-7(18)5(16)6(17)8(22-11)10(20)21/h3-9,11,13-19H,1-2H2,(H,20,21)/t3-,4-,5+,6+,7-,8+,9+,11-,12+/m1/s1. The van der Waals surface area contributed by atoms with Gasteiger partial charge >= 0.3 is 5.97 Å². The zero-order valence-electron chi connectivity index (χ0n) is 12.2. The fourth-order valence-corrected chi connectivity index (χ4v) is 2.62. The lowest BCUT2D eigenvalue weighted by atomic mass is 9.98. The third-order valence-corrected chi connectivity index (χ3v) is 4.03. The van der Waals surface area contributed by atoms with E-state index in [4.69, 9.17) is 24.4 Å². The Kier molecular flexibility index (Phi) is 5.76. The van der Waals surface area contributed by atoms with Crippen LogP contribution in [0.15, 0.2) is 0 Å². The van der Waals surface area contributed by atoms with Crippen LogP contribution in [-0.4, -0.2) is 115 Å². The zero-order valence-corrected chi connectivity index (χ0v) is 12.2. The van der Waals surface area contributed by atoms with Crippen molar-refractivity contribution in [2.45, 2.75) is 54.8 Å². The summed E-state index contributed by atoms with van der Waals surface area (Å²) in [7, 11) is 0. The first kappa shape index (κ1) is 19.4. The molecule has 12 heteroatoms. The fourth-order valence-electron chi connectivity index (χ4n) is 2.62. The van der Waals surface area contributed by atoms with Crippen molar-refractivity contribution in [3.05, 3.63) is 0 Å². The molecule has 0 radical (unpaired) electrons. The van der Waals surface area contributed by atoms with Crippen LogP contribution in [-0.2, 0) is 19.0 Å². The number of carboxylic acid groups (broad SMARTS) is 1. The molecule has 9 atom stereocenters. The molecule has 0 saturated carbocycles. The molecule has 2 aliphatic heterocycles. The van der Waals surface area contributed by atoms with Gasteiger partial charge in [-0.1, -0.05) is 0 Å². The third kappa shape index (κ3) is 3.13. The molecule has 0 amide bonds. The lowest BCUT2D eigenvalue weighted by Gasteiger charge is -2.42. The molecule has 0 spiro atoms. The van der Waals surface area contributed by atoms with Gasteiger partial charge in [0.05, 0.1) is 6.61 Å². The van der Waals surface area contributed by atoms with E-state index in [0.717, 1.165) is 0 Å². The van der Waals surface area contributed by atoms with Crippen LogP contribution in [0.4, 0.5) is 0 Å². The summed E-state index contributed by atoms with van der Waals surface area (Å²) in [6.45, 7) is -1.78. The molecular weight excluding hydrogens is 336 g/mol. The third-order valence-electron chi connectivity index (χ3n) is 4.03. The molecule has 0 aromatic carbocycles. The second kappa shape index (κ2) is 7.13. The number of aliphatic carboxylic acids is 1. The maximum atomic E-state index is 11.0. The molecule has 2 rings (SSSR count). The minimum absolute atomic E-state index is 0.726. The van der Waals surface area contributed by atoms with Crippen molar-refractivity contribution in [3.63, 3.8) is 0 Å². The van der Waals surface area contributed by atoms with Crippen molar-refractivity contribution >= 4 is 5.97 Å². The van der Waals surface area contributed by atoms with Crippen molar-refractivity contribution in [2.75, 3.05) is 13.2 Å². The van der Waals surface area contributed by atoms with Gasteiger partial charge in [-0.2, -0.15) is 0 Å². The van der Waals surface area contributed by atoms with Gasteiger partial charge in [0.1, 0.15) is 43.2 Å². The van der Waals surface area contributed by atoms with E-state index in [1.54, 1.807) is 0 Å². The maximum Gasteiger partial charge on any atom is 0.335 e. The van der Waals surface area contributed by atoms with E-state index in [-0.39, 0.29) is 0 Å². The SMILES string of the molecule is O=C(O)[C@H]1O[C@H](O[C@]2(CO)O[C@H](CO)[C@@H](O)[C@@H]2O)[C@H](O)[C@@H](O)[C@@H]1O. The van der Waals surface area contributed by atoms with Crippen LogP contribution >= 0.6 is 0 Å². The van der Waals surface area contributed by atoms with E-state index in [1.165, 1.54) is 0 Å². The van der Waals surface area contributed by atoms with Gasteiger partial charge in [-0.25, -0.2) is 4.79 Å². The first-order valence-electron chi connectivity index (χ1n) is 7.04. The molecule has 24 heavy (non-hydrogen) atoms. The highest BCUT2D eigenvalue weighted by atomic mass is 16.8. The van der Waals surface area contributed by atoms with Gasteiger partial charge in [0, 0.05) is 0 Å². The molecular formula is C12H20O12. The minimum Gasteiger partial charge on any atom is -0.479 e. The molecule has 12 nitrogen and oxygen atoms in total. The summed E-state index contributed by atoms with van der Waals surface area (Å²) >= 11 is 0. The molecule has 0 bridgehead atoms. The van der Waals surface area contributed by atoms with E-state index >= 15 is 0 Å². The average Bonchev–Trinajstić information content (AvgIpc) is 2.80. The first-order valence-corrected chi connectivity index (χ1v) is 7.04. The molecule has 0 aromatic rings. The quantitative estimate of drug-likeness (QED) is 0.232. The van der Waals surface area contributed by atoms with Gasteiger partial charge in [0.15, 0.2) is 12.4 Å². The predicted molar refractivity (Wildman–Crippen MR) is 69.2 cm³/mol. The highest BCUT2D eigenvalue weighted by Gasteiger charge is 2.58. The first-order chi connectivity index (χ1) is 11.2. The second-order valence-electron chi connectivity index (χ2n) is 5.60. The zero-order chi connectivity index (χ0) is 18.2. The Hall–Kier alpha value is -0.930. The maximum absolute atomic E-state index is 11.0. The minimum atomic E-state index is -2.34. The van der Waals surface area contributed by atoms with Crippen LogP contribution in [0.2, 0.25) is 0 Å². The Bertz CT molecular complexity index is 459. The van der Waals surface area contributed by atoms with Gasteiger partial charge in [0.25, 0.3) is 0 Å². The number of rotatable bonds is 5. The Morgan fingerprint density at radius 2 is 1.62 bits per heavy atom. The monoisotopic (exact) mass is 356 g/mol. The smallest absolute Gasteiger partial charge is 0.335 e. The summed E-state index contributed by atoms with van der Waals surface area (Å²) in [5.41, 5.74) is 0. The van der Waals surface area contributed by atoms with Crippen molar-refractivity contribution in [2.24, 2.45) is 0 Å². The van der Waals surface area contributed by atoms with Crippen LogP contribution in [0, 0.1) is 0 Å². The summed E-state index contributed by atoms with van der Waals surface area (Å²) in [6, 6.07) is 0. The van der Waals surface area contributed by atoms with E-state index in [9.17, 15) is 35.4 Å². The lowest BCUT2D eigenvalue weighted by Crippen LogP contribution is -2.63. The molecule has 0 aromatic heterocycles. The fraction of sp³-hybridized carbons (Fsp3) is 0.917. The molecule has 2 aliphatic rings. The Balaban J connectivity index is 2.22. The molecule has 2 saturated heterocycles. The summed E-state index contributed by atoms with van der Waals surface area (Å²) in [5.74, 6) is -4.00. The van der Waals surface area contributed by atoms with Crippen LogP contribution in [0.1, 0.15) is 0 Å². The number of carboxylic acids is 1. The van der Waals surface area contributed by atoms with Gasteiger partial charge in [-0.3, -0.25) is 0 Å². The highest BCUT2D eigenvalue weighted by Crippen LogP contribution is 2.35. The molecule has 0 aliphatic carbocycles. The number of aliphatic hydroxyl groups is 7. The second-order valence-corrected chi connectivity index (χ2v) is 5.60. The van der Waals surface area contributed by atoms with Gasteiger partial charge in [-0.15, -0.1) is 0 Å². The van der Waals surface area contributed by atoms with Crippen molar-refractivity contribution < 1.29 is 59.9 Å². The van der Waals surface area contributed by atoms with Crippen molar-refractivity contribution in [1.82, 2.24) is 0 Å². The average molecular weight is 356 g/mol. The van der Waals surface area contributed by atoms with Crippen molar-refractivity contribution in [3.8, 4) is 0 Å². The highest BCUT2D eigenvalue weighted by molar-refractivity contribution is 5.73. The Morgan fingerprint density at radius 1 is 1.00 bits per heavy atom. The largest absolute Gasteiger partial charge is 0.479 e. The molecule has 140 valence electrons. The molecule has 8 N–H and O–H groups in total. The number of hydrogen-bond acceptors (Lipinski definition) is 11. The van der Waals surface area contributed by atoms with E-state index in [1.807, 2.05) is 0 Å². The van der Waals surface area contributed by atoms with Crippen molar-refractivity contribution in [1.29, 1.82) is 0 Å². The molecule has 0 unspecified atom stereocenters. The summed E-state index contributed by atoms with van der Waals surface area (Å²) in [4.78, 5) is 11.0. The summed E-state index contributed by atoms with van der Waals surface area (Å²) in [5, 5.41) is 76.4. The predicted octanol–water partition coefficient (Wildman–Crippen LogP) is -5.30. The van der Waals surface area contributed by atoms with Gasteiger partial charge < -0.3 is 55.1 Å². The summed E-state index contributed by atoms with van der Waals surface area (Å²) in [6.07, 6.45) is -14.6. The van der Waals surface area contributed by atoms with Gasteiger partial charge in [-0.05, 0) is 0 Å². The number of carbonyl (C=O) groups is 1. The van der Waals surface area contributed by atoms with E-state index in [2.05, 4.69) is 0 Å². The van der Waals surface area contributed by atoms with Crippen LogP contribution in [0.25, 0.3) is 0 Å². The molecule has 2 heterocycles. The Morgan fingerprint density at radius 3 is 2.08 bits per heavy atom. The topological polar surface area (TPSA) is 207 Å². The number of aliphatic hydroxyl groups excluding tert-OH is 7. The number of hydrogen-bond donors (Lipinski definition) is 8. The van der Waals surface area contributed by atoms with Gasteiger partial charge in [0.2, 0.25) is 5.79 Å². The van der Waals surface area contributed by atoms with Crippen LogP contribution in [0.3, 0.4) is 0 Å². The summed E-state index contributed by atoms with van der Waals surface area (Å²) < 4.78 is 15.0. The number of ether oxygens (including phenoxy) is 3. The lowest BCUT2D eigenvalue weighted by molar-refractivity contribution is -0.379. The molecule has 2 fully saturated rings. The normalized spacial score (nSPS) is 49.3. The van der Waals surface area contributed by atoms with Crippen LogP contribution in [0.5, 0.6) is 0 Å². The van der Waals surface area contributed by atoms with E-state index < -0.39 is 74.0 Å². The van der Waals surface area contributed by atoms with Crippen LogP contribution < -0.4 is 0 Å².